The first-order valence-electron chi connectivity index (χ1n) is 9.83. The van der Waals surface area contributed by atoms with E-state index in [-0.39, 0.29) is 5.56 Å². The van der Waals surface area contributed by atoms with E-state index in [0.717, 1.165) is 33.7 Å². The van der Waals surface area contributed by atoms with Crippen LogP contribution in [0.1, 0.15) is 37.6 Å². The number of carboxylic acid groups (broad SMARTS) is 1. The highest BCUT2D eigenvalue weighted by Gasteiger charge is 2.17. The molecule has 0 fully saturated rings. The van der Waals surface area contributed by atoms with Gasteiger partial charge in [0, 0.05) is 16.0 Å². The van der Waals surface area contributed by atoms with Crippen molar-refractivity contribution < 1.29 is 9.90 Å². The van der Waals surface area contributed by atoms with Crippen LogP contribution in [0.5, 0.6) is 0 Å². The highest BCUT2D eigenvalue weighted by molar-refractivity contribution is 7.99. The van der Waals surface area contributed by atoms with E-state index in [4.69, 9.17) is 15.1 Å². The lowest BCUT2D eigenvalue weighted by Gasteiger charge is -2.23. The van der Waals surface area contributed by atoms with E-state index < -0.39 is 5.97 Å². The monoisotopic (exact) mass is 417 g/mol. The summed E-state index contributed by atoms with van der Waals surface area (Å²) in [6.07, 6.45) is 3.24. The summed E-state index contributed by atoms with van der Waals surface area (Å²) in [5, 5.41) is 14.2. The largest absolute Gasteiger partial charge is 0.478 e. The number of aromatic carboxylic acids is 1. The van der Waals surface area contributed by atoms with Gasteiger partial charge in [-0.2, -0.15) is 0 Å². The summed E-state index contributed by atoms with van der Waals surface area (Å²) in [7, 11) is 0. The molecule has 3 aromatic rings. The smallest absolute Gasteiger partial charge is 0.335 e. The highest BCUT2D eigenvalue weighted by Crippen LogP contribution is 2.33. The van der Waals surface area contributed by atoms with E-state index in [2.05, 4.69) is 32.2 Å². The molecule has 1 aromatic heterocycles. The first kappa shape index (κ1) is 20.2. The molecule has 5 nitrogen and oxygen atoms in total. The number of carboxylic acids is 1. The lowest BCUT2D eigenvalue weighted by molar-refractivity contribution is 0.0697. The van der Waals surface area contributed by atoms with Gasteiger partial charge in [-0.25, -0.2) is 14.8 Å². The van der Waals surface area contributed by atoms with Crippen molar-refractivity contribution in [2.45, 2.75) is 37.2 Å². The normalized spacial score (nSPS) is 16.5. The number of anilines is 1. The summed E-state index contributed by atoms with van der Waals surface area (Å²) < 4.78 is 0. The van der Waals surface area contributed by atoms with Crippen LogP contribution in [0.4, 0.5) is 5.82 Å². The minimum Gasteiger partial charge on any atom is -0.478 e. The minimum atomic E-state index is -0.936. The predicted octanol–water partition coefficient (Wildman–Crippen LogP) is 6.15. The molecule has 30 heavy (non-hydrogen) atoms. The number of hydrogen-bond donors (Lipinski definition) is 2. The van der Waals surface area contributed by atoms with Gasteiger partial charge in [-0.1, -0.05) is 24.6 Å². The van der Waals surface area contributed by atoms with Gasteiger partial charge in [0.25, 0.3) is 0 Å². The molecule has 0 saturated carbocycles. The number of para-hydroxylation sites is 1. The van der Waals surface area contributed by atoms with Crippen LogP contribution in [-0.4, -0.2) is 21.0 Å². The first-order valence-corrected chi connectivity index (χ1v) is 10.7. The lowest BCUT2D eigenvalue weighted by Crippen LogP contribution is -2.11. The van der Waals surface area contributed by atoms with Crippen LogP contribution < -0.4 is 5.32 Å². The number of allylic oxidation sites excluding steroid dienone is 3. The van der Waals surface area contributed by atoms with Crippen molar-refractivity contribution in [2.75, 3.05) is 5.32 Å². The van der Waals surface area contributed by atoms with Crippen LogP contribution in [-0.2, 0) is 0 Å². The number of aromatic nitrogens is 2. The van der Waals surface area contributed by atoms with Crippen LogP contribution in [0.2, 0.25) is 0 Å². The summed E-state index contributed by atoms with van der Waals surface area (Å²) in [6.45, 7) is 6.57. The van der Waals surface area contributed by atoms with Crippen LogP contribution in [0.25, 0.3) is 10.9 Å². The van der Waals surface area contributed by atoms with Gasteiger partial charge >= 0.3 is 5.97 Å². The number of hydrogen-bond acceptors (Lipinski definition) is 5. The Bertz CT molecular complexity index is 1180. The van der Waals surface area contributed by atoms with Gasteiger partial charge in [0.2, 0.25) is 0 Å². The fraction of sp³-hybridized carbons (Fsp3) is 0.208. The number of carbonyl (C=O) groups is 1. The van der Waals surface area contributed by atoms with E-state index >= 15 is 0 Å². The average molecular weight is 418 g/mol. The molecule has 1 atom stereocenters. The van der Waals surface area contributed by atoms with Crippen molar-refractivity contribution in [3.8, 4) is 0 Å². The molecule has 2 aromatic carbocycles. The fourth-order valence-corrected chi connectivity index (χ4v) is 4.22. The molecular formula is C24H23N3O2S. The highest BCUT2D eigenvalue weighted by atomic mass is 32.2. The van der Waals surface area contributed by atoms with Crippen LogP contribution in [0.15, 0.2) is 81.5 Å². The number of fused-ring (bicyclic) bond motifs is 1. The van der Waals surface area contributed by atoms with E-state index in [9.17, 15) is 4.79 Å². The molecular weight excluding hydrogens is 394 g/mol. The Balaban J connectivity index is 1.69. The molecule has 4 rings (SSSR count). The van der Waals surface area contributed by atoms with Crippen LogP contribution >= 0.6 is 11.8 Å². The Morgan fingerprint density at radius 3 is 2.57 bits per heavy atom. The Labute approximate surface area is 180 Å². The average Bonchev–Trinajstić information content (AvgIpc) is 2.72. The second kappa shape index (κ2) is 8.32. The fourth-order valence-electron chi connectivity index (χ4n) is 3.46. The van der Waals surface area contributed by atoms with Gasteiger partial charge in [0.1, 0.15) is 5.82 Å². The third-order valence-electron chi connectivity index (χ3n) is 5.37. The Hall–Kier alpha value is -3.12. The molecule has 1 unspecified atom stereocenters. The summed E-state index contributed by atoms with van der Waals surface area (Å²) >= 11 is 1.41. The number of rotatable bonds is 5. The number of nitrogens with zero attached hydrogens (tertiary/aromatic N) is 2. The zero-order valence-corrected chi connectivity index (χ0v) is 18.0. The molecule has 0 saturated heterocycles. The standard InChI is InChI=1S/C24H23N3O2S/c1-14-12-16(3)21(13-15(14)2)25-22-19-6-4-5-7-20(19)26-24(27-22)30-18-10-8-17(9-11-18)23(28)29/h4-11,13-14H,12H2,1-3H3,(H,28,29)(H,25,26,27). The summed E-state index contributed by atoms with van der Waals surface area (Å²) in [5.74, 6) is 0.393. The predicted molar refractivity (Wildman–Crippen MR) is 121 cm³/mol. The maximum Gasteiger partial charge on any atom is 0.335 e. The van der Waals surface area contributed by atoms with Gasteiger partial charge in [-0.05, 0) is 86.0 Å². The van der Waals surface area contributed by atoms with Gasteiger partial charge in [0.15, 0.2) is 5.16 Å². The second-order valence-corrected chi connectivity index (χ2v) is 8.66. The first-order chi connectivity index (χ1) is 14.4. The molecule has 152 valence electrons. The molecule has 1 heterocycles. The minimum absolute atomic E-state index is 0.261. The quantitative estimate of drug-likeness (QED) is 0.485. The lowest BCUT2D eigenvalue weighted by atomic mass is 9.88. The van der Waals surface area contributed by atoms with Gasteiger partial charge in [-0.3, -0.25) is 0 Å². The summed E-state index contributed by atoms with van der Waals surface area (Å²) in [4.78, 5) is 21.4. The van der Waals surface area contributed by atoms with Crippen LogP contribution in [0, 0.1) is 5.92 Å². The van der Waals surface area contributed by atoms with E-state index in [1.165, 1.54) is 22.9 Å². The van der Waals surface area contributed by atoms with Gasteiger partial charge in [-0.15, -0.1) is 0 Å². The zero-order chi connectivity index (χ0) is 21.3. The van der Waals surface area contributed by atoms with Crippen molar-refractivity contribution in [3.05, 3.63) is 77.0 Å². The summed E-state index contributed by atoms with van der Waals surface area (Å²) in [5.41, 5.74) is 4.89. The molecule has 0 aliphatic heterocycles. The van der Waals surface area contributed by atoms with Crippen molar-refractivity contribution >= 4 is 34.5 Å². The van der Waals surface area contributed by atoms with Gasteiger partial charge in [0.05, 0.1) is 11.1 Å². The van der Waals surface area contributed by atoms with E-state index in [0.29, 0.717) is 11.1 Å². The van der Waals surface area contributed by atoms with Crippen molar-refractivity contribution in [1.29, 1.82) is 0 Å². The topological polar surface area (TPSA) is 75.1 Å². The molecule has 0 spiro atoms. The van der Waals surface area contributed by atoms with Crippen molar-refractivity contribution in [3.63, 3.8) is 0 Å². The maximum atomic E-state index is 11.1. The number of benzene rings is 2. The Morgan fingerprint density at radius 2 is 1.83 bits per heavy atom. The maximum absolute atomic E-state index is 11.1. The Morgan fingerprint density at radius 1 is 1.10 bits per heavy atom. The molecule has 0 bridgehead atoms. The second-order valence-electron chi connectivity index (χ2n) is 7.62. The third kappa shape index (κ3) is 4.24. The third-order valence-corrected chi connectivity index (χ3v) is 6.24. The zero-order valence-electron chi connectivity index (χ0n) is 17.1. The van der Waals surface area contributed by atoms with Crippen molar-refractivity contribution in [1.82, 2.24) is 9.97 Å². The number of nitrogens with one attached hydrogen (secondary N) is 1. The summed E-state index contributed by atoms with van der Waals surface area (Å²) in [6, 6.07) is 14.7. The molecule has 1 aliphatic carbocycles. The van der Waals surface area contributed by atoms with E-state index in [1.54, 1.807) is 24.3 Å². The molecule has 2 N–H and O–H groups in total. The Kier molecular flexibility index (Phi) is 5.59. The molecule has 1 aliphatic rings. The van der Waals surface area contributed by atoms with E-state index in [1.807, 2.05) is 24.3 Å². The van der Waals surface area contributed by atoms with Gasteiger partial charge < -0.3 is 10.4 Å². The molecule has 0 amide bonds. The molecule has 0 radical (unpaired) electrons. The van der Waals surface area contributed by atoms with Crippen LogP contribution in [0.3, 0.4) is 0 Å². The molecule has 6 heteroatoms. The SMILES string of the molecule is CC1=CC(Nc2nc(Sc3ccc(C(=O)O)cc3)nc3ccccc23)=C(C)CC1C. The van der Waals surface area contributed by atoms with Crippen molar-refractivity contribution in [2.24, 2.45) is 5.92 Å².